The highest BCUT2D eigenvalue weighted by Crippen LogP contribution is 2.24. The molecule has 3 N–H and O–H groups in total. The van der Waals surface area contributed by atoms with Gasteiger partial charge in [-0.15, -0.1) is 0 Å². The fourth-order valence-electron chi connectivity index (χ4n) is 2.38. The molecule has 1 fully saturated rings. The average Bonchev–Trinajstić information content (AvgIpc) is 2.61. The first-order valence-corrected chi connectivity index (χ1v) is 6.28. The van der Waals surface area contributed by atoms with Crippen LogP contribution < -0.4 is 11.1 Å². The van der Waals surface area contributed by atoms with Crippen LogP contribution >= 0.6 is 0 Å². The fraction of sp³-hybridized carbons (Fsp3) is 0.462. The molecule has 0 radical (unpaired) electrons. The van der Waals surface area contributed by atoms with E-state index >= 15 is 0 Å². The van der Waals surface area contributed by atoms with E-state index in [-0.39, 0.29) is 5.56 Å². The van der Waals surface area contributed by atoms with Gasteiger partial charge >= 0.3 is 0 Å². The zero-order chi connectivity index (χ0) is 13.8. The summed E-state index contributed by atoms with van der Waals surface area (Å²) < 4.78 is 26.8. The molecule has 1 aliphatic rings. The van der Waals surface area contributed by atoms with Gasteiger partial charge in [0, 0.05) is 31.3 Å². The Hall–Kier alpha value is -1.53. The number of nitrogens with zero attached hydrogens (tertiary/aromatic N) is 1. The van der Waals surface area contributed by atoms with Crippen LogP contribution in [-0.4, -0.2) is 37.0 Å². The Labute approximate surface area is 110 Å². The summed E-state index contributed by atoms with van der Waals surface area (Å²) in [4.78, 5) is 13.5. The molecule has 0 aliphatic carbocycles. The molecule has 1 heterocycles. The minimum atomic E-state index is -0.847. The van der Waals surface area contributed by atoms with Crippen LogP contribution in [0.1, 0.15) is 18.0 Å². The molecule has 0 aromatic heterocycles. The molecular weight excluding hydrogens is 252 g/mol. The van der Waals surface area contributed by atoms with E-state index in [0.29, 0.717) is 19.6 Å². The van der Waals surface area contributed by atoms with Gasteiger partial charge in [0.25, 0.3) is 0 Å². The largest absolute Gasteiger partial charge is 0.368 e. The van der Waals surface area contributed by atoms with Crippen molar-refractivity contribution in [2.45, 2.75) is 12.5 Å². The molecule has 4 nitrogen and oxygen atoms in total. The minimum Gasteiger partial charge on any atom is -0.368 e. The molecule has 0 bridgehead atoms. The van der Waals surface area contributed by atoms with Gasteiger partial charge in [-0.2, -0.15) is 0 Å². The molecule has 2 rings (SSSR count). The monoisotopic (exact) mass is 269 g/mol. The van der Waals surface area contributed by atoms with Crippen LogP contribution in [0.15, 0.2) is 18.2 Å². The van der Waals surface area contributed by atoms with Crippen LogP contribution in [0.25, 0.3) is 0 Å². The van der Waals surface area contributed by atoms with Crippen LogP contribution in [0, 0.1) is 11.6 Å². The molecular formula is C13H17F2N3O. The second kappa shape index (κ2) is 6.08. The van der Waals surface area contributed by atoms with Crippen molar-refractivity contribution in [1.82, 2.24) is 10.2 Å². The number of nitrogens with two attached hydrogens (primary N) is 1. The molecule has 104 valence electrons. The summed E-state index contributed by atoms with van der Waals surface area (Å²) in [6, 6.07) is 2.37. The van der Waals surface area contributed by atoms with Crippen molar-refractivity contribution in [2.75, 3.05) is 26.2 Å². The van der Waals surface area contributed by atoms with Crippen molar-refractivity contribution >= 4 is 5.91 Å². The van der Waals surface area contributed by atoms with E-state index in [0.717, 1.165) is 25.1 Å². The van der Waals surface area contributed by atoms with Crippen molar-refractivity contribution in [3.8, 4) is 0 Å². The molecule has 0 spiro atoms. The first-order valence-electron chi connectivity index (χ1n) is 6.28. The normalized spacial score (nSPS) is 18.8. The summed E-state index contributed by atoms with van der Waals surface area (Å²) in [7, 11) is 0. The molecule has 1 unspecified atom stereocenters. The summed E-state index contributed by atoms with van der Waals surface area (Å²) in [5, 5.41) is 3.20. The van der Waals surface area contributed by atoms with E-state index in [1.165, 1.54) is 6.07 Å². The Morgan fingerprint density at radius 1 is 1.32 bits per heavy atom. The molecule has 1 aliphatic heterocycles. The van der Waals surface area contributed by atoms with Crippen LogP contribution in [0.5, 0.6) is 0 Å². The lowest BCUT2D eigenvalue weighted by Crippen LogP contribution is -2.40. The molecule has 0 saturated carbocycles. The van der Waals surface area contributed by atoms with Crippen LogP contribution in [0.4, 0.5) is 8.78 Å². The predicted molar refractivity (Wildman–Crippen MR) is 67.4 cm³/mol. The minimum absolute atomic E-state index is 0.135. The first kappa shape index (κ1) is 13.9. The van der Waals surface area contributed by atoms with Gasteiger partial charge in [0.15, 0.2) is 0 Å². The van der Waals surface area contributed by atoms with Crippen LogP contribution in [0.2, 0.25) is 0 Å². The van der Waals surface area contributed by atoms with Crippen LogP contribution in [-0.2, 0) is 4.79 Å². The van der Waals surface area contributed by atoms with E-state index in [2.05, 4.69) is 5.32 Å². The fourth-order valence-corrected chi connectivity index (χ4v) is 2.38. The Kier molecular flexibility index (Phi) is 4.44. The lowest BCUT2D eigenvalue weighted by molar-refractivity contribution is -0.123. The highest BCUT2D eigenvalue weighted by atomic mass is 19.1. The highest BCUT2D eigenvalue weighted by molar-refractivity contribution is 5.81. The van der Waals surface area contributed by atoms with Gasteiger partial charge in [0.1, 0.15) is 17.7 Å². The number of hydrogen-bond donors (Lipinski definition) is 2. The highest BCUT2D eigenvalue weighted by Gasteiger charge is 2.28. The SMILES string of the molecule is NC(=O)C(c1ccc(F)cc1F)N1CCCNCC1. The second-order valence-electron chi connectivity index (χ2n) is 4.61. The first-order chi connectivity index (χ1) is 9.09. The van der Waals surface area contributed by atoms with Gasteiger partial charge in [-0.05, 0) is 19.0 Å². The Morgan fingerprint density at radius 2 is 2.11 bits per heavy atom. The van der Waals surface area contributed by atoms with E-state index in [1.54, 1.807) is 0 Å². The van der Waals surface area contributed by atoms with Gasteiger partial charge in [-0.1, -0.05) is 6.07 Å². The van der Waals surface area contributed by atoms with Gasteiger partial charge in [0.05, 0.1) is 0 Å². The van der Waals surface area contributed by atoms with E-state index in [4.69, 9.17) is 5.73 Å². The zero-order valence-electron chi connectivity index (χ0n) is 10.5. The average molecular weight is 269 g/mol. The summed E-state index contributed by atoms with van der Waals surface area (Å²) in [5.41, 5.74) is 5.53. The van der Waals surface area contributed by atoms with Crippen molar-refractivity contribution in [3.05, 3.63) is 35.4 Å². The standard InChI is InChI=1S/C13H17F2N3O/c14-9-2-3-10(11(15)8-9)12(13(16)19)18-6-1-4-17-5-7-18/h2-3,8,12,17H,1,4-7H2,(H2,16,19). The van der Waals surface area contributed by atoms with Crippen molar-refractivity contribution in [2.24, 2.45) is 5.73 Å². The number of primary amides is 1. The quantitative estimate of drug-likeness (QED) is 0.853. The number of carbonyl (C=O) groups excluding carboxylic acids is 1. The van der Waals surface area contributed by atoms with Crippen molar-refractivity contribution < 1.29 is 13.6 Å². The lowest BCUT2D eigenvalue weighted by Gasteiger charge is -2.28. The number of halogens is 2. The smallest absolute Gasteiger partial charge is 0.239 e. The summed E-state index contributed by atoms with van der Waals surface area (Å²) >= 11 is 0. The predicted octanol–water partition coefficient (Wildman–Crippen LogP) is 0.786. The molecule has 1 aromatic rings. The molecule has 1 amide bonds. The topological polar surface area (TPSA) is 58.4 Å². The number of hydrogen-bond acceptors (Lipinski definition) is 3. The van der Waals surface area contributed by atoms with E-state index in [1.807, 2.05) is 4.90 Å². The van der Waals surface area contributed by atoms with Gasteiger partial charge in [-0.3, -0.25) is 9.69 Å². The van der Waals surface area contributed by atoms with Gasteiger partial charge in [0.2, 0.25) is 5.91 Å². The van der Waals surface area contributed by atoms with E-state index < -0.39 is 23.6 Å². The summed E-state index contributed by atoms with van der Waals surface area (Å²) in [5.74, 6) is -2.02. The van der Waals surface area contributed by atoms with Gasteiger partial charge < -0.3 is 11.1 Å². The molecule has 1 saturated heterocycles. The molecule has 1 atom stereocenters. The number of nitrogens with one attached hydrogen (secondary N) is 1. The van der Waals surface area contributed by atoms with Crippen molar-refractivity contribution in [1.29, 1.82) is 0 Å². The molecule has 1 aromatic carbocycles. The van der Waals surface area contributed by atoms with Crippen molar-refractivity contribution in [3.63, 3.8) is 0 Å². The number of benzene rings is 1. The third-order valence-corrected chi connectivity index (χ3v) is 3.27. The maximum atomic E-state index is 13.8. The third-order valence-electron chi connectivity index (χ3n) is 3.27. The maximum Gasteiger partial charge on any atom is 0.239 e. The molecule has 19 heavy (non-hydrogen) atoms. The number of amides is 1. The summed E-state index contributed by atoms with van der Waals surface area (Å²) in [6.07, 6.45) is 0.854. The number of carbonyl (C=O) groups is 1. The summed E-state index contributed by atoms with van der Waals surface area (Å²) in [6.45, 7) is 2.82. The second-order valence-corrected chi connectivity index (χ2v) is 4.61. The Morgan fingerprint density at radius 3 is 2.79 bits per heavy atom. The Balaban J connectivity index is 2.30. The van der Waals surface area contributed by atoms with E-state index in [9.17, 15) is 13.6 Å². The van der Waals surface area contributed by atoms with Gasteiger partial charge in [-0.25, -0.2) is 8.78 Å². The maximum absolute atomic E-state index is 13.8. The number of rotatable bonds is 3. The third kappa shape index (κ3) is 3.27. The molecule has 6 heteroatoms. The Bertz CT molecular complexity index is 459. The lowest BCUT2D eigenvalue weighted by atomic mass is 10.0. The van der Waals surface area contributed by atoms with Crippen LogP contribution in [0.3, 0.4) is 0 Å². The zero-order valence-corrected chi connectivity index (χ0v) is 10.5.